The Bertz CT molecular complexity index is 313. The molecule has 1 heterocycles. The third kappa shape index (κ3) is 1.61. The second kappa shape index (κ2) is 4.09. The highest BCUT2D eigenvalue weighted by molar-refractivity contribution is 5.92. The van der Waals surface area contributed by atoms with E-state index in [9.17, 15) is 14.4 Å². The Hall–Kier alpha value is -1.03. The first-order valence-electron chi connectivity index (χ1n) is 5.97. The average Bonchev–Trinajstić information content (AvgIpc) is 2.58. The maximum Gasteiger partial charge on any atom is 0.321 e. The minimum atomic E-state index is -0.00836. The van der Waals surface area contributed by atoms with E-state index in [0.717, 1.165) is 32.0 Å². The van der Waals surface area contributed by atoms with Crippen LogP contribution in [0.25, 0.3) is 0 Å². The molecule has 2 aliphatic rings. The topological polar surface area (TPSA) is 51.2 Å². The average molecular weight is 224 g/mol. The summed E-state index contributed by atoms with van der Waals surface area (Å²) in [5, 5.41) is 0. The standard InChI is InChI=1S/C12H18NO3/c1-13(11(15)6-7-12(13)16)10-4-2-9(8-14)3-5-10/h8-10H,2-7H2,1H3/q+1. The van der Waals surface area contributed by atoms with Gasteiger partial charge in [0.1, 0.15) is 12.3 Å². The molecule has 0 aromatic carbocycles. The summed E-state index contributed by atoms with van der Waals surface area (Å²) in [5.74, 6) is 0.245. The molecule has 88 valence electrons. The van der Waals surface area contributed by atoms with Gasteiger partial charge in [0.05, 0.1) is 19.9 Å². The first-order valence-corrected chi connectivity index (χ1v) is 5.97. The predicted molar refractivity (Wildman–Crippen MR) is 57.2 cm³/mol. The number of rotatable bonds is 2. The van der Waals surface area contributed by atoms with E-state index in [-0.39, 0.29) is 28.3 Å². The van der Waals surface area contributed by atoms with Crippen molar-refractivity contribution in [1.29, 1.82) is 0 Å². The van der Waals surface area contributed by atoms with Gasteiger partial charge in [-0.2, -0.15) is 4.48 Å². The van der Waals surface area contributed by atoms with Crippen molar-refractivity contribution in [2.45, 2.75) is 44.6 Å². The van der Waals surface area contributed by atoms with Gasteiger partial charge in [0.2, 0.25) is 0 Å². The summed E-state index contributed by atoms with van der Waals surface area (Å²) in [5.41, 5.74) is 0. The maximum atomic E-state index is 11.8. The van der Waals surface area contributed by atoms with E-state index in [1.807, 2.05) is 0 Å². The molecule has 2 fully saturated rings. The van der Waals surface area contributed by atoms with E-state index in [1.54, 1.807) is 7.05 Å². The highest BCUT2D eigenvalue weighted by atomic mass is 16.2. The highest BCUT2D eigenvalue weighted by Gasteiger charge is 2.51. The Morgan fingerprint density at radius 2 is 1.56 bits per heavy atom. The monoisotopic (exact) mass is 224 g/mol. The van der Waals surface area contributed by atoms with Crippen LogP contribution in [0.5, 0.6) is 0 Å². The van der Waals surface area contributed by atoms with Crippen LogP contribution < -0.4 is 0 Å². The molecule has 1 saturated heterocycles. The van der Waals surface area contributed by atoms with Crippen LogP contribution in [0, 0.1) is 5.92 Å². The molecule has 2 rings (SSSR count). The molecular weight excluding hydrogens is 206 g/mol. The van der Waals surface area contributed by atoms with Crippen molar-refractivity contribution in [1.82, 2.24) is 0 Å². The molecule has 1 saturated carbocycles. The molecule has 4 heteroatoms. The zero-order chi connectivity index (χ0) is 11.8. The lowest BCUT2D eigenvalue weighted by Gasteiger charge is -2.36. The number of nitrogens with zero attached hydrogens (tertiary/aromatic N) is 1. The molecule has 0 bridgehead atoms. The summed E-state index contributed by atoms with van der Waals surface area (Å²) < 4.78 is -0.00836. The van der Waals surface area contributed by atoms with E-state index in [4.69, 9.17) is 0 Å². The molecule has 0 unspecified atom stereocenters. The first kappa shape index (κ1) is 11.5. The van der Waals surface area contributed by atoms with Crippen molar-refractivity contribution in [3.05, 3.63) is 0 Å². The molecule has 1 aliphatic carbocycles. The van der Waals surface area contributed by atoms with Crippen molar-refractivity contribution in [3.8, 4) is 0 Å². The summed E-state index contributed by atoms with van der Waals surface area (Å²) >= 11 is 0. The maximum absolute atomic E-state index is 11.8. The molecule has 0 atom stereocenters. The predicted octanol–water partition coefficient (Wildman–Crippen LogP) is 1.04. The van der Waals surface area contributed by atoms with Crippen LogP contribution in [0.4, 0.5) is 0 Å². The lowest BCUT2D eigenvalue weighted by molar-refractivity contribution is -0.782. The molecule has 0 spiro atoms. The van der Waals surface area contributed by atoms with Crippen LogP contribution in [-0.4, -0.2) is 35.7 Å². The summed E-state index contributed by atoms with van der Waals surface area (Å²) in [4.78, 5) is 34.3. The van der Waals surface area contributed by atoms with Gasteiger partial charge in [-0.1, -0.05) is 0 Å². The third-order valence-electron chi connectivity index (χ3n) is 4.25. The van der Waals surface area contributed by atoms with Crippen LogP contribution in [0.3, 0.4) is 0 Å². The second-order valence-electron chi connectivity index (χ2n) is 5.07. The summed E-state index contributed by atoms with van der Waals surface area (Å²) in [7, 11) is 1.75. The van der Waals surface area contributed by atoms with Gasteiger partial charge in [-0.15, -0.1) is 0 Å². The zero-order valence-corrected chi connectivity index (χ0v) is 9.65. The lowest BCUT2D eigenvalue weighted by Crippen LogP contribution is -2.57. The van der Waals surface area contributed by atoms with Crippen molar-refractivity contribution in [2.24, 2.45) is 5.92 Å². The summed E-state index contributed by atoms with van der Waals surface area (Å²) in [6.45, 7) is 0. The normalized spacial score (nSPS) is 34.1. The Morgan fingerprint density at radius 3 is 2.00 bits per heavy atom. The fourth-order valence-electron chi connectivity index (χ4n) is 2.98. The fourth-order valence-corrected chi connectivity index (χ4v) is 2.98. The molecule has 16 heavy (non-hydrogen) atoms. The van der Waals surface area contributed by atoms with Gasteiger partial charge in [-0.25, -0.2) is 9.59 Å². The summed E-state index contributed by atoms with van der Waals surface area (Å²) in [6, 6.07) is 0.110. The van der Waals surface area contributed by atoms with Crippen LogP contribution in [0.2, 0.25) is 0 Å². The van der Waals surface area contributed by atoms with Crippen molar-refractivity contribution >= 4 is 18.1 Å². The minimum Gasteiger partial charge on any atom is -0.303 e. The largest absolute Gasteiger partial charge is 0.321 e. The Balaban J connectivity index is 2.10. The molecule has 0 aromatic heterocycles. The molecule has 4 nitrogen and oxygen atoms in total. The SMILES string of the molecule is C[N+]1(C2CCC(C=O)CC2)C(=O)CCC1=O. The number of aldehydes is 1. The number of likely N-dealkylation sites (tertiary alicyclic amines) is 1. The number of amides is 2. The fraction of sp³-hybridized carbons (Fsp3) is 0.750. The van der Waals surface area contributed by atoms with E-state index >= 15 is 0 Å². The van der Waals surface area contributed by atoms with Crippen LogP contribution in [0.1, 0.15) is 38.5 Å². The number of carbonyl (C=O) groups excluding carboxylic acids is 3. The van der Waals surface area contributed by atoms with Gasteiger partial charge in [-0.05, 0) is 12.8 Å². The van der Waals surface area contributed by atoms with Crippen LogP contribution in [-0.2, 0) is 14.4 Å². The lowest BCUT2D eigenvalue weighted by atomic mass is 9.85. The molecule has 0 radical (unpaired) electrons. The summed E-state index contributed by atoms with van der Waals surface area (Å²) in [6.07, 6.45) is 5.07. The number of imide groups is 1. The smallest absolute Gasteiger partial charge is 0.303 e. The Labute approximate surface area is 95.2 Å². The van der Waals surface area contributed by atoms with E-state index in [1.165, 1.54) is 0 Å². The second-order valence-corrected chi connectivity index (χ2v) is 5.07. The van der Waals surface area contributed by atoms with E-state index < -0.39 is 0 Å². The van der Waals surface area contributed by atoms with E-state index in [2.05, 4.69) is 0 Å². The first-order chi connectivity index (χ1) is 7.59. The Morgan fingerprint density at radius 1 is 1.06 bits per heavy atom. The Kier molecular flexibility index (Phi) is 2.93. The number of hydrogen-bond acceptors (Lipinski definition) is 3. The van der Waals surface area contributed by atoms with Gasteiger partial charge in [0.15, 0.2) is 0 Å². The van der Waals surface area contributed by atoms with Crippen LogP contribution in [0.15, 0.2) is 0 Å². The van der Waals surface area contributed by atoms with Gasteiger partial charge in [-0.3, -0.25) is 0 Å². The number of hydrogen-bond donors (Lipinski definition) is 0. The van der Waals surface area contributed by atoms with Crippen molar-refractivity contribution < 1.29 is 18.9 Å². The van der Waals surface area contributed by atoms with Gasteiger partial charge in [0, 0.05) is 18.8 Å². The third-order valence-corrected chi connectivity index (χ3v) is 4.25. The highest BCUT2D eigenvalue weighted by Crippen LogP contribution is 2.34. The molecule has 1 aliphatic heterocycles. The minimum absolute atomic E-state index is 0.00836. The molecule has 0 N–H and O–H groups in total. The van der Waals surface area contributed by atoms with Crippen molar-refractivity contribution in [3.63, 3.8) is 0 Å². The van der Waals surface area contributed by atoms with Gasteiger partial charge in [0.25, 0.3) is 0 Å². The molecule has 0 aromatic rings. The van der Waals surface area contributed by atoms with Crippen LogP contribution >= 0.6 is 0 Å². The van der Waals surface area contributed by atoms with Gasteiger partial charge < -0.3 is 4.79 Å². The zero-order valence-electron chi connectivity index (χ0n) is 9.65. The quantitative estimate of drug-likeness (QED) is 0.400. The van der Waals surface area contributed by atoms with Gasteiger partial charge >= 0.3 is 11.8 Å². The number of carbonyl (C=O) groups is 3. The molecule has 2 amide bonds. The number of quaternary nitrogens is 1. The molecular formula is C12H18NO3+. The van der Waals surface area contributed by atoms with Crippen molar-refractivity contribution in [2.75, 3.05) is 7.05 Å². The van der Waals surface area contributed by atoms with E-state index in [0.29, 0.717) is 12.8 Å².